The third-order valence-electron chi connectivity index (χ3n) is 3.76. The first-order valence-corrected chi connectivity index (χ1v) is 8.40. The zero-order valence-electron chi connectivity index (χ0n) is 12.3. The van der Waals surface area contributed by atoms with Crippen LogP contribution in [-0.2, 0) is 14.8 Å². The topological polar surface area (TPSA) is 87.8 Å². The molecule has 0 aliphatic carbocycles. The van der Waals surface area contributed by atoms with E-state index in [9.17, 15) is 18.3 Å². The largest absolute Gasteiger partial charge is 0.478 e. The lowest BCUT2D eigenvalue weighted by molar-refractivity contribution is -0.133. The first kappa shape index (κ1) is 15.5. The molecule has 1 aliphatic heterocycles. The van der Waals surface area contributed by atoms with Crippen LogP contribution in [0.4, 0.5) is 0 Å². The van der Waals surface area contributed by atoms with Gasteiger partial charge in [-0.2, -0.15) is 4.31 Å². The van der Waals surface area contributed by atoms with E-state index in [1.807, 2.05) is 6.92 Å². The number of hydrogen-bond acceptors (Lipinski definition) is 4. The van der Waals surface area contributed by atoms with Crippen LogP contribution in [0, 0.1) is 6.92 Å². The first-order chi connectivity index (χ1) is 10.9. The maximum absolute atomic E-state index is 12.9. The Balaban J connectivity index is 2.05. The first-order valence-electron chi connectivity index (χ1n) is 6.96. The molecule has 120 valence electrons. The average molecular weight is 333 g/mol. The van der Waals surface area contributed by atoms with Crippen LogP contribution in [0.25, 0.3) is 0 Å². The van der Waals surface area contributed by atoms with E-state index in [1.165, 1.54) is 24.5 Å². The van der Waals surface area contributed by atoms with Gasteiger partial charge in [0.15, 0.2) is 0 Å². The standard InChI is InChI=1S/C16H15NO5S/c1-11-4-6-12(7-5-11)23(20,21)17-9-8-13(16(18)19)15(17)14-3-2-10-22-14/h2-8,10,15H,9H2,1H3,(H,18,19). The number of nitrogens with zero attached hydrogens (tertiary/aromatic N) is 1. The van der Waals surface area contributed by atoms with Gasteiger partial charge >= 0.3 is 5.97 Å². The Morgan fingerprint density at radius 2 is 1.96 bits per heavy atom. The monoisotopic (exact) mass is 333 g/mol. The number of carbonyl (C=O) groups is 1. The average Bonchev–Trinajstić information content (AvgIpc) is 3.16. The molecule has 7 heteroatoms. The summed E-state index contributed by atoms with van der Waals surface area (Å²) in [4.78, 5) is 11.6. The van der Waals surface area contributed by atoms with Gasteiger partial charge in [0, 0.05) is 6.54 Å². The van der Waals surface area contributed by atoms with Gasteiger partial charge in [0.1, 0.15) is 11.8 Å². The summed E-state index contributed by atoms with van der Waals surface area (Å²) in [5, 5.41) is 9.34. The smallest absolute Gasteiger partial charge is 0.333 e. The zero-order chi connectivity index (χ0) is 16.6. The third-order valence-corrected chi connectivity index (χ3v) is 5.61. The van der Waals surface area contributed by atoms with Gasteiger partial charge in [0.2, 0.25) is 10.0 Å². The van der Waals surface area contributed by atoms with E-state index < -0.39 is 22.0 Å². The number of sulfonamides is 1. The van der Waals surface area contributed by atoms with Gasteiger partial charge in [0.25, 0.3) is 0 Å². The van der Waals surface area contributed by atoms with E-state index in [0.29, 0.717) is 0 Å². The predicted molar refractivity (Wildman–Crippen MR) is 82.2 cm³/mol. The van der Waals surface area contributed by atoms with Crippen molar-refractivity contribution >= 4 is 16.0 Å². The second-order valence-corrected chi connectivity index (χ2v) is 7.16. The van der Waals surface area contributed by atoms with Gasteiger partial charge in [0.05, 0.1) is 16.7 Å². The number of benzene rings is 1. The van der Waals surface area contributed by atoms with Crippen molar-refractivity contribution in [3.8, 4) is 0 Å². The van der Waals surface area contributed by atoms with Crippen molar-refractivity contribution in [1.29, 1.82) is 0 Å². The summed E-state index contributed by atoms with van der Waals surface area (Å²) in [6.45, 7) is 1.85. The zero-order valence-corrected chi connectivity index (χ0v) is 13.2. The molecule has 1 atom stereocenters. The Morgan fingerprint density at radius 1 is 1.26 bits per heavy atom. The van der Waals surface area contributed by atoms with Crippen molar-refractivity contribution < 1.29 is 22.7 Å². The molecule has 0 radical (unpaired) electrons. The molecule has 2 heterocycles. The molecule has 0 spiro atoms. The van der Waals surface area contributed by atoms with Gasteiger partial charge in [-0.25, -0.2) is 13.2 Å². The van der Waals surface area contributed by atoms with E-state index in [4.69, 9.17) is 4.42 Å². The summed E-state index contributed by atoms with van der Waals surface area (Å²) in [6.07, 6.45) is 2.80. The minimum absolute atomic E-state index is 0.00404. The molecule has 0 saturated heterocycles. The van der Waals surface area contributed by atoms with E-state index in [1.54, 1.807) is 24.3 Å². The van der Waals surface area contributed by atoms with Gasteiger partial charge in [-0.05, 0) is 31.2 Å². The molecule has 0 bridgehead atoms. The summed E-state index contributed by atoms with van der Waals surface area (Å²) in [5.41, 5.74) is 0.938. The van der Waals surface area contributed by atoms with Crippen molar-refractivity contribution in [2.75, 3.05) is 6.54 Å². The fraction of sp³-hybridized carbons (Fsp3) is 0.188. The minimum atomic E-state index is -3.84. The van der Waals surface area contributed by atoms with Crippen molar-refractivity contribution in [2.45, 2.75) is 17.9 Å². The SMILES string of the molecule is Cc1ccc(S(=O)(=O)N2CC=C(C(=O)O)C2c2ccco2)cc1. The number of furan rings is 1. The molecule has 3 rings (SSSR count). The van der Waals surface area contributed by atoms with E-state index >= 15 is 0 Å². The Hall–Kier alpha value is -2.38. The fourth-order valence-electron chi connectivity index (χ4n) is 2.59. The fourth-order valence-corrected chi connectivity index (χ4v) is 4.11. The summed E-state index contributed by atoms with van der Waals surface area (Å²) < 4.78 is 32.2. The molecule has 0 amide bonds. The van der Waals surface area contributed by atoms with Gasteiger partial charge < -0.3 is 9.52 Å². The second-order valence-electron chi connectivity index (χ2n) is 5.27. The lowest BCUT2D eigenvalue weighted by atomic mass is 10.1. The molecule has 23 heavy (non-hydrogen) atoms. The van der Waals surface area contributed by atoms with Crippen LogP contribution in [0.1, 0.15) is 17.4 Å². The normalized spacial score (nSPS) is 18.8. The molecule has 1 unspecified atom stereocenters. The summed E-state index contributed by atoms with van der Waals surface area (Å²) in [6, 6.07) is 8.65. The Bertz CT molecular complexity index is 850. The van der Waals surface area contributed by atoms with Crippen molar-refractivity contribution in [3.05, 3.63) is 65.6 Å². The lowest BCUT2D eigenvalue weighted by Gasteiger charge is -2.24. The molecular formula is C16H15NO5S. The number of aliphatic carboxylic acids is 1. The van der Waals surface area contributed by atoms with Crippen LogP contribution in [0.3, 0.4) is 0 Å². The van der Waals surface area contributed by atoms with E-state index in [2.05, 4.69) is 0 Å². The second kappa shape index (κ2) is 5.68. The molecule has 0 saturated carbocycles. The van der Waals surface area contributed by atoms with Gasteiger partial charge in [-0.1, -0.05) is 23.8 Å². The number of rotatable bonds is 4. The van der Waals surface area contributed by atoms with Crippen LogP contribution in [0.5, 0.6) is 0 Å². The Morgan fingerprint density at radius 3 is 2.52 bits per heavy atom. The number of aryl methyl sites for hydroxylation is 1. The Labute approximate surface area is 133 Å². The highest BCUT2D eigenvalue weighted by Gasteiger charge is 2.41. The maximum Gasteiger partial charge on any atom is 0.333 e. The summed E-state index contributed by atoms with van der Waals surface area (Å²) in [7, 11) is -3.84. The van der Waals surface area contributed by atoms with Crippen molar-refractivity contribution in [3.63, 3.8) is 0 Å². The number of hydrogen-bond donors (Lipinski definition) is 1. The molecule has 1 N–H and O–H groups in total. The lowest BCUT2D eigenvalue weighted by Crippen LogP contribution is -2.33. The molecule has 1 aromatic heterocycles. The van der Waals surface area contributed by atoms with Crippen LogP contribution in [-0.4, -0.2) is 30.3 Å². The highest BCUT2D eigenvalue weighted by atomic mass is 32.2. The maximum atomic E-state index is 12.9. The van der Waals surface area contributed by atoms with Crippen molar-refractivity contribution in [2.24, 2.45) is 0 Å². The molecule has 1 aliphatic rings. The highest BCUT2D eigenvalue weighted by molar-refractivity contribution is 7.89. The number of carboxylic acids is 1. The highest BCUT2D eigenvalue weighted by Crippen LogP contribution is 2.37. The van der Waals surface area contributed by atoms with E-state index in [-0.39, 0.29) is 22.8 Å². The molecular weight excluding hydrogens is 318 g/mol. The summed E-state index contributed by atoms with van der Waals surface area (Å²) in [5.74, 6) is -0.875. The molecule has 6 nitrogen and oxygen atoms in total. The Kier molecular flexibility index (Phi) is 3.83. The van der Waals surface area contributed by atoms with Crippen LogP contribution in [0.15, 0.2) is 63.6 Å². The molecule has 1 aromatic carbocycles. The predicted octanol–water partition coefficient (Wildman–Crippen LogP) is 2.34. The van der Waals surface area contributed by atoms with Gasteiger partial charge in [-0.3, -0.25) is 0 Å². The van der Waals surface area contributed by atoms with Crippen LogP contribution >= 0.6 is 0 Å². The van der Waals surface area contributed by atoms with Gasteiger partial charge in [-0.15, -0.1) is 0 Å². The molecule has 2 aromatic rings. The van der Waals surface area contributed by atoms with Crippen LogP contribution in [0.2, 0.25) is 0 Å². The van der Waals surface area contributed by atoms with Crippen LogP contribution < -0.4 is 0 Å². The summed E-state index contributed by atoms with van der Waals surface area (Å²) >= 11 is 0. The van der Waals surface area contributed by atoms with Crippen molar-refractivity contribution in [1.82, 2.24) is 4.31 Å². The minimum Gasteiger partial charge on any atom is -0.478 e. The number of carboxylic acid groups (broad SMARTS) is 1. The third kappa shape index (κ3) is 2.69. The quantitative estimate of drug-likeness (QED) is 0.928. The molecule has 0 fully saturated rings. The van der Waals surface area contributed by atoms with E-state index in [0.717, 1.165) is 9.87 Å².